The Morgan fingerprint density at radius 3 is 2.53 bits per heavy atom. The molecule has 0 aromatic heterocycles. The lowest BCUT2D eigenvalue weighted by molar-refractivity contribution is -0.128. The van der Waals surface area contributed by atoms with Crippen LogP contribution >= 0.6 is 0 Å². The van der Waals surface area contributed by atoms with Crippen LogP contribution < -0.4 is 11.1 Å². The number of carbonyl (C=O) groups excluding carboxylic acids is 1. The number of amides is 1. The van der Waals surface area contributed by atoms with E-state index in [9.17, 15) is 4.79 Å². The molecule has 4 nitrogen and oxygen atoms in total. The van der Waals surface area contributed by atoms with Crippen molar-refractivity contribution in [2.75, 3.05) is 32.7 Å². The van der Waals surface area contributed by atoms with Crippen LogP contribution in [0.2, 0.25) is 0 Å². The van der Waals surface area contributed by atoms with Crippen LogP contribution in [0.15, 0.2) is 0 Å². The van der Waals surface area contributed by atoms with E-state index in [1.165, 1.54) is 25.9 Å². The monoisotopic (exact) mass is 213 g/mol. The van der Waals surface area contributed by atoms with Gasteiger partial charge in [0.2, 0.25) is 5.91 Å². The third-order valence-corrected chi connectivity index (χ3v) is 3.04. The van der Waals surface area contributed by atoms with Crippen molar-refractivity contribution >= 4 is 5.91 Å². The molecule has 0 unspecified atom stereocenters. The second-order valence-corrected chi connectivity index (χ2v) is 4.89. The summed E-state index contributed by atoms with van der Waals surface area (Å²) in [7, 11) is 0. The maximum Gasteiger partial charge on any atom is 0.226 e. The summed E-state index contributed by atoms with van der Waals surface area (Å²) in [5.41, 5.74) is 5.09. The summed E-state index contributed by atoms with van der Waals surface area (Å²) in [4.78, 5) is 14.0. The molecule has 0 aliphatic carbocycles. The Hall–Kier alpha value is -0.610. The van der Waals surface area contributed by atoms with Crippen molar-refractivity contribution in [1.29, 1.82) is 0 Å². The lowest BCUT2D eigenvalue weighted by Crippen LogP contribution is -2.44. The van der Waals surface area contributed by atoms with E-state index in [0.29, 0.717) is 6.54 Å². The van der Waals surface area contributed by atoms with Crippen molar-refractivity contribution in [3.8, 4) is 0 Å². The Morgan fingerprint density at radius 1 is 1.40 bits per heavy atom. The average Bonchev–Trinajstić information content (AvgIpc) is 2.70. The van der Waals surface area contributed by atoms with E-state index in [1.54, 1.807) is 0 Å². The normalized spacial score (nSPS) is 18.1. The predicted molar refractivity (Wildman–Crippen MR) is 61.5 cm³/mol. The highest BCUT2D eigenvalue weighted by Gasteiger charge is 2.25. The van der Waals surface area contributed by atoms with Crippen molar-refractivity contribution < 1.29 is 4.79 Å². The molecule has 0 aromatic rings. The van der Waals surface area contributed by atoms with E-state index in [2.05, 4.69) is 10.2 Å². The summed E-state index contributed by atoms with van der Waals surface area (Å²) in [6.07, 6.45) is 2.59. The van der Waals surface area contributed by atoms with Gasteiger partial charge in [0.05, 0.1) is 5.41 Å². The smallest absolute Gasteiger partial charge is 0.226 e. The number of nitrogens with one attached hydrogen (secondary N) is 1. The Labute approximate surface area is 92.2 Å². The first-order valence-electron chi connectivity index (χ1n) is 5.77. The molecule has 88 valence electrons. The summed E-state index contributed by atoms with van der Waals surface area (Å²) in [5.74, 6) is 0.0594. The lowest BCUT2D eigenvalue weighted by atomic mass is 9.93. The maximum absolute atomic E-state index is 11.7. The quantitative estimate of drug-likeness (QED) is 0.685. The number of nitrogens with zero attached hydrogens (tertiary/aromatic N) is 1. The van der Waals surface area contributed by atoms with Gasteiger partial charge in [-0.05, 0) is 39.8 Å². The summed E-state index contributed by atoms with van der Waals surface area (Å²) >= 11 is 0. The minimum absolute atomic E-state index is 0.0594. The minimum Gasteiger partial charge on any atom is -0.354 e. The molecule has 1 rings (SSSR count). The predicted octanol–water partition coefficient (Wildman–Crippen LogP) is 0.183. The van der Waals surface area contributed by atoms with Crippen molar-refractivity contribution in [2.45, 2.75) is 26.7 Å². The molecule has 1 amide bonds. The number of hydrogen-bond donors (Lipinski definition) is 2. The van der Waals surface area contributed by atoms with Crippen molar-refractivity contribution in [2.24, 2.45) is 11.1 Å². The Kier molecular flexibility index (Phi) is 4.54. The number of nitrogens with two attached hydrogens (primary N) is 1. The Morgan fingerprint density at radius 2 is 2.00 bits per heavy atom. The first-order chi connectivity index (χ1) is 7.06. The van der Waals surface area contributed by atoms with E-state index in [-0.39, 0.29) is 5.91 Å². The zero-order valence-electron chi connectivity index (χ0n) is 9.88. The highest BCUT2D eigenvalue weighted by Crippen LogP contribution is 2.12. The molecule has 0 atom stereocenters. The SMILES string of the molecule is CC(C)(CN)C(=O)NCCN1CCCC1. The van der Waals surface area contributed by atoms with Gasteiger partial charge in [0.1, 0.15) is 0 Å². The van der Waals surface area contributed by atoms with E-state index in [1.807, 2.05) is 13.8 Å². The Balaban J connectivity index is 2.16. The van der Waals surface area contributed by atoms with Gasteiger partial charge in [0.25, 0.3) is 0 Å². The van der Waals surface area contributed by atoms with Crippen molar-refractivity contribution in [3.63, 3.8) is 0 Å². The van der Waals surface area contributed by atoms with Crippen LogP contribution in [-0.4, -0.2) is 43.5 Å². The van der Waals surface area contributed by atoms with Crippen LogP contribution in [-0.2, 0) is 4.79 Å². The summed E-state index contributed by atoms with van der Waals surface area (Å²) in [6, 6.07) is 0. The Bertz CT molecular complexity index is 210. The number of hydrogen-bond acceptors (Lipinski definition) is 3. The van der Waals surface area contributed by atoms with Gasteiger partial charge in [-0.1, -0.05) is 0 Å². The molecule has 0 radical (unpaired) electrons. The van der Waals surface area contributed by atoms with E-state index in [0.717, 1.165) is 13.1 Å². The zero-order chi connectivity index (χ0) is 11.3. The molecule has 0 bridgehead atoms. The summed E-state index contributed by atoms with van der Waals surface area (Å²) in [6.45, 7) is 8.19. The maximum atomic E-state index is 11.7. The lowest BCUT2D eigenvalue weighted by Gasteiger charge is -2.22. The van der Waals surface area contributed by atoms with Gasteiger partial charge in [-0.2, -0.15) is 0 Å². The van der Waals surface area contributed by atoms with Crippen LogP contribution in [0.25, 0.3) is 0 Å². The van der Waals surface area contributed by atoms with Gasteiger partial charge in [-0.25, -0.2) is 0 Å². The topological polar surface area (TPSA) is 58.4 Å². The summed E-state index contributed by atoms with van der Waals surface area (Å²) < 4.78 is 0. The fourth-order valence-corrected chi connectivity index (χ4v) is 1.67. The molecule has 1 fully saturated rings. The average molecular weight is 213 g/mol. The molecule has 1 saturated heterocycles. The molecule has 1 aliphatic rings. The number of likely N-dealkylation sites (tertiary alicyclic amines) is 1. The van der Waals surface area contributed by atoms with E-state index in [4.69, 9.17) is 5.73 Å². The van der Waals surface area contributed by atoms with Gasteiger partial charge < -0.3 is 16.0 Å². The van der Waals surface area contributed by atoms with Crippen LogP contribution in [0, 0.1) is 5.41 Å². The molecule has 1 heterocycles. The third-order valence-electron chi connectivity index (χ3n) is 3.04. The second kappa shape index (κ2) is 5.47. The molecule has 0 saturated carbocycles. The second-order valence-electron chi connectivity index (χ2n) is 4.89. The van der Waals surface area contributed by atoms with E-state index >= 15 is 0 Å². The van der Waals surface area contributed by atoms with E-state index < -0.39 is 5.41 Å². The zero-order valence-corrected chi connectivity index (χ0v) is 9.88. The molecular weight excluding hydrogens is 190 g/mol. The molecule has 15 heavy (non-hydrogen) atoms. The fourth-order valence-electron chi connectivity index (χ4n) is 1.67. The van der Waals surface area contributed by atoms with Crippen LogP contribution in [0.5, 0.6) is 0 Å². The highest BCUT2D eigenvalue weighted by atomic mass is 16.2. The van der Waals surface area contributed by atoms with Gasteiger partial charge in [-0.15, -0.1) is 0 Å². The van der Waals surface area contributed by atoms with Crippen LogP contribution in [0.3, 0.4) is 0 Å². The standard InChI is InChI=1S/C11H23N3O/c1-11(2,9-12)10(15)13-5-8-14-6-3-4-7-14/h3-9,12H2,1-2H3,(H,13,15). The highest BCUT2D eigenvalue weighted by molar-refractivity contribution is 5.81. The third kappa shape index (κ3) is 3.80. The molecule has 0 aromatic carbocycles. The van der Waals surface area contributed by atoms with Gasteiger partial charge >= 0.3 is 0 Å². The number of carbonyl (C=O) groups is 1. The molecule has 3 N–H and O–H groups in total. The molecule has 0 spiro atoms. The van der Waals surface area contributed by atoms with Crippen LogP contribution in [0.4, 0.5) is 0 Å². The first-order valence-corrected chi connectivity index (χ1v) is 5.77. The minimum atomic E-state index is -0.439. The summed E-state index contributed by atoms with van der Waals surface area (Å²) in [5, 5.41) is 2.94. The van der Waals surface area contributed by atoms with Crippen LogP contribution in [0.1, 0.15) is 26.7 Å². The van der Waals surface area contributed by atoms with Crippen molar-refractivity contribution in [3.05, 3.63) is 0 Å². The van der Waals surface area contributed by atoms with Gasteiger partial charge in [0, 0.05) is 19.6 Å². The first kappa shape index (κ1) is 12.5. The molecular formula is C11H23N3O. The van der Waals surface area contributed by atoms with Gasteiger partial charge in [-0.3, -0.25) is 4.79 Å². The molecule has 4 heteroatoms. The van der Waals surface area contributed by atoms with Crippen molar-refractivity contribution in [1.82, 2.24) is 10.2 Å². The number of rotatable bonds is 5. The molecule has 1 aliphatic heterocycles. The largest absolute Gasteiger partial charge is 0.354 e. The van der Waals surface area contributed by atoms with Gasteiger partial charge in [0.15, 0.2) is 0 Å². The fraction of sp³-hybridized carbons (Fsp3) is 0.909.